The van der Waals surface area contributed by atoms with E-state index in [0.717, 1.165) is 12.5 Å². The molecule has 0 saturated carbocycles. The van der Waals surface area contributed by atoms with Crippen LogP contribution in [0.25, 0.3) is 0 Å². The van der Waals surface area contributed by atoms with Gasteiger partial charge in [-0.05, 0) is 61.9 Å². The molecule has 3 aliphatic rings. The molecule has 0 spiro atoms. The summed E-state index contributed by atoms with van der Waals surface area (Å²) in [7, 11) is 0. The van der Waals surface area contributed by atoms with Crippen LogP contribution in [0.4, 0.5) is 0 Å². The summed E-state index contributed by atoms with van der Waals surface area (Å²) in [6, 6.07) is 33.0. The fraction of sp³-hybridized carbons (Fsp3) is 0.357. The van der Waals surface area contributed by atoms with Crippen LogP contribution in [0.15, 0.2) is 91.0 Å². The molecule has 0 unspecified atom stereocenters. The van der Waals surface area contributed by atoms with Crippen molar-refractivity contribution >= 4 is 0 Å². The van der Waals surface area contributed by atoms with Gasteiger partial charge in [-0.1, -0.05) is 91.0 Å². The summed E-state index contributed by atoms with van der Waals surface area (Å²) < 4.78 is 0. The van der Waals surface area contributed by atoms with Gasteiger partial charge in [-0.25, -0.2) is 0 Å². The molecule has 3 saturated heterocycles. The molecular weight excluding hydrogens is 364 g/mol. The summed E-state index contributed by atoms with van der Waals surface area (Å²) in [6.07, 6.45) is 3.89. The summed E-state index contributed by atoms with van der Waals surface area (Å²) in [5, 5.41) is 3.94. The number of nitrogens with one attached hydrogen (secondary N) is 1. The van der Waals surface area contributed by atoms with Gasteiger partial charge < -0.3 is 5.32 Å². The lowest BCUT2D eigenvalue weighted by molar-refractivity contribution is 0.0127. The van der Waals surface area contributed by atoms with E-state index in [1.165, 1.54) is 49.0 Å². The molecule has 2 atom stereocenters. The Morgan fingerprint density at radius 2 is 1.33 bits per heavy atom. The quantitative estimate of drug-likeness (QED) is 0.612. The number of hydrogen-bond acceptors (Lipinski definition) is 2. The molecule has 3 fully saturated rings. The zero-order chi connectivity index (χ0) is 20.6. The van der Waals surface area contributed by atoms with Gasteiger partial charge >= 0.3 is 0 Å². The van der Waals surface area contributed by atoms with Crippen molar-refractivity contribution in [3.8, 4) is 0 Å². The summed E-state index contributed by atoms with van der Waals surface area (Å²) in [5.74, 6) is 0.840. The summed E-state index contributed by atoms with van der Waals surface area (Å²) in [6.45, 7) is 5.78. The third kappa shape index (κ3) is 5.38. The van der Waals surface area contributed by atoms with Crippen LogP contribution in [0.1, 0.15) is 29.5 Å². The van der Waals surface area contributed by atoms with E-state index in [0.29, 0.717) is 12.1 Å². The molecule has 3 aromatic rings. The smallest absolute Gasteiger partial charge is 0.0292 e. The van der Waals surface area contributed by atoms with E-state index in [9.17, 15) is 0 Å². The molecule has 2 bridgehead atoms. The van der Waals surface area contributed by atoms with E-state index in [1.807, 2.05) is 36.4 Å². The second-order valence-corrected chi connectivity index (χ2v) is 8.62. The highest BCUT2D eigenvalue weighted by Crippen LogP contribution is 2.34. The highest BCUT2D eigenvalue weighted by molar-refractivity contribution is 5.25. The first-order valence-electron chi connectivity index (χ1n) is 11.4. The monoisotopic (exact) mass is 398 g/mol. The van der Waals surface area contributed by atoms with Crippen molar-refractivity contribution in [3.05, 3.63) is 108 Å². The topological polar surface area (TPSA) is 15.3 Å². The maximum atomic E-state index is 3.94. The van der Waals surface area contributed by atoms with Crippen LogP contribution >= 0.6 is 0 Å². The van der Waals surface area contributed by atoms with Crippen molar-refractivity contribution in [2.75, 3.05) is 13.1 Å². The van der Waals surface area contributed by atoms with Crippen molar-refractivity contribution < 1.29 is 0 Å². The van der Waals surface area contributed by atoms with E-state index in [-0.39, 0.29) is 0 Å². The van der Waals surface area contributed by atoms with Crippen molar-refractivity contribution in [3.63, 3.8) is 0 Å². The van der Waals surface area contributed by atoms with Crippen molar-refractivity contribution in [1.29, 1.82) is 0 Å². The van der Waals surface area contributed by atoms with E-state index in [4.69, 9.17) is 0 Å². The highest BCUT2D eigenvalue weighted by Gasteiger charge is 2.41. The number of hydrogen-bond donors (Lipinski definition) is 1. The summed E-state index contributed by atoms with van der Waals surface area (Å²) in [4.78, 5) is 2.72. The van der Waals surface area contributed by atoms with Crippen LogP contribution in [0, 0.1) is 12.8 Å². The molecule has 30 heavy (non-hydrogen) atoms. The lowest BCUT2D eigenvalue weighted by atomic mass is 9.76. The Balaban J connectivity index is 0.000000313. The Morgan fingerprint density at radius 1 is 0.767 bits per heavy atom. The minimum atomic E-state index is 0.618. The molecule has 3 aliphatic heterocycles. The molecule has 1 N–H and O–H groups in total. The first-order chi connectivity index (χ1) is 14.8. The van der Waals surface area contributed by atoms with Crippen LogP contribution in [0.3, 0.4) is 0 Å². The van der Waals surface area contributed by atoms with Crippen LogP contribution < -0.4 is 5.32 Å². The minimum absolute atomic E-state index is 0.618. The van der Waals surface area contributed by atoms with Gasteiger partial charge in [-0.2, -0.15) is 0 Å². The van der Waals surface area contributed by atoms with Gasteiger partial charge in [-0.3, -0.25) is 4.90 Å². The van der Waals surface area contributed by atoms with Gasteiger partial charge in [0.2, 0.25) is 0 Å². The largest absolute Gasteiger partial charge is 0.308 e. The molecule has 2 nitrogen and oxygen atoms in total. The predicted octanol–water partition coefficient (Wildman–Crippen LogP) is 5.48. The molecule has 0 radical (unpaired) electrons. The van der Waals surface area contributed by atoms with Crippen LogP contribution in [0.5, 0.6) is 0 Å². The Bertz CT molecular complexity index is 843. The van der Waals surface area contributed by atoms with Gasteiger partial charge in [0.05, 0.1) is 0 Å². The van der Waals surface area contributed by atoms with E-state index in [1.54, 1.807) is 0 Å². The summed E-state index contributed by atoms with van der Waals surface area (Å²) >= 11 is 0. The first-order valence-corrected chi connectivity index (χ1v) is 11.4. The van der Waals surface area contributed by atoms with E-state index >= 15 is 0 Å². The molecule has 3 heterocycles. The molecule has 0 aromatic heterocycles. The third-order valence-electron chi connectivity index (χ3n) is 6.71. The highest BCUT2D eigenvalue weighted by atomic mass is 15.2. The van der Waals surface area contributed by atoms with Crippen LogP contribution in [-0.4, -0.2) is 30.1 Å². The fourth-order valence-corrected chi connectivity index (χ4v) is 4.99. The number of fused-ring (bicyclic) bond motifs is 3. The third-order valence-corrected chi connectivity index (χ3v) is 6.71. The lowest BCUT2D eigenvalue weighted by Gasteiger charge is -2.51. The predicted molar refractivity (Wildman–Crippen MR) is 126 cm³/mol. The number of benzene rings is 3. The molecule has 2 heteroatoms. The van der Waals surface area contributed by atoms with Gasteiger partial charge in [0.25, 0.3) is 0 Å². The SMILES string of the molecule is Cc1ccccc1CN[C@H]1C2CCN(CC2)[C@H]1Cc1ccccc1.c1ccccc1. The Morgan fingerprint density at radius 3 is 1.97 bits per heavy atom. The van der Waals surface area contributed by atoms with Crippen molar-refractivity contribution in [2.45, 2.75) is 44.8 Å². The Labute approximate surface area is 181 Å². The van der Waals surface area contributed by atoms with Gasteiger partial charge in [0, 0.05) is 18.6 Å². The standard InChI is InChI=1S/C22H28N2.C6H6/c1-17-7-5-6-10-20(17)16-23-22-19-11-13-24(14-12-19)21(22)15-18-8-3-2-4-9-18;1-2-4-6-5-3-1/h2-10,19,21-23H,11-16H2,1H3;1-6H/t21-,22-;/m0./s1. The maximum absolute atomic E-state index is 3.94. The van der Waals surface area contributed by atoms with Crippen molar-refractivity contribution in [2.24, 2.45) is 5.92 Å². The normalized spacial score (nSPS) is 24.7. The van der Waals surface area contributed by atoms with E-state index in [2.05, 4.69) is 71.7 Å². The number of rotatable bonds is 5. The zero-order valence-corrected chi connectivity index (χ0v) is 18.1. The van der Waals surface area contributed by atoms with Gasteiger partial charge in [-0.15, -0.1) is 0 Å². The van der Waals surface area contributed by atoms with Gasteiger partial charge in [0.1, 0.15) is 0 Å². The summed E-state index contributed by atoms with van der Waals surface area (Å²) in [5.41, 5.74) is 4.30. The first kappa shape index (κ1) is 20.8. The molecule has 156 valence electrons. The molecule has 0 aliphatic carbocycles. The minimum Gasteiger partial charge on any atom is -0.308 e. The van der Waals surface area contributed by atoms with Crippen molar-refractivity contribution in [1.82, 2.24) is 10.2 Å². The Kier molecular flexibility index (Phi) is 7.34. The van der Waals surface area contributed by atoms with E-state index < -0.39 is 0 Å². The second-order valence-electron chi connectivity index (χ2n) is 8.62. The van der Waals surface area contributed by atoms with Crippen LogP contribution in [0.2, 0.25) is 0 Å². The molecule has 0 amide bonds. The zero-order valence-electron chi connectivity index (χ0n) is 18.1. The number of aryl methyl sites for hydroxylation is 1. The lowest BCUT2D eigenvalue weighted by Crippen LogP contribution is -2.63. The molecule has 6 rings (SSSR count). The maximum Gasteiger partial charge on any atom is 0.0292 e. The number of nitrogens with zero attached hydrogens (tertiary/aromatic N) is 1. The van der Waals surface area contributed by atoms with Gasteiger partial charge in [0.15, 0.2) is 0 Å². The number of piperidine rings is 3. The Hall–Kier alpha value is -2.42. The molecular formula is C28H34N2. The molecule has 3 aromatic carbocycles. The average molecular weight is 399 g/mol. The average Bonchev–Trinajstić information content (AvgIpc) is 2.82. The fourth-order valence-electron chi connectivity index (χ4n) is 4.99. The van der Waals surface area contributed by atoms with Crippen LogP contribution in [-0.2, 0) is 13.0 Å². The second kappa shape index (κ2) is 10.6.